The fourth-order valence-corrected chi connectivity index (χ4v) is 3.63. The van der Waals surface area contributed by atoms with E-state index in [1.54, 1.807) is 26.4 Å². The second-order valence-electron chi connectivity index (χ2n) is 7.45. The molecule has 1 amide bonds. The highest BCUT2D eigenvalue weighted by atomic mass is 16.5. The minimum atomic E-state index is -0.141. The Morgan fingerprint density at radius 1 is 1.13 bits per heavy atom. The summed E-state index contributed by atoms with van der Waals surface area (Å²) in [6.07, 6.45) is 3.30. The lowest BCUT2D eigenvalue weighted by Crippen LogP contribution is -3.14. The summed E-state index contributed by atoms with van der Waals surface area (Å²) in [7, 11) is 3.19. The van der Waals surface area contributed by atoms with Crippen LogP contribution < -0.4 is 19.7 Å². The molecule has 0 aliphatic carbocycles. The zero-order valence-corrected chi connectivity index (χ0v) is 17.9. The highest BCUT2D eigenvalue weighted by Crippen LogP contribution is 2.31. The van der Waals surface area contributed by atoms with Crippen LogP contribution in [0, 0.1) is 6.92 Å². The number of hydrogen-bond acceptors (Lipinski definition) is 4. The lowest BCUT2D eigenvalue weighted by Gasteiger charge is -2.28. The molecule has 1 atom stereocenters. The van der Waals surface area contributed by atoms with Crippen LogP contribution in [-0.4, -0.2) is 53.0 Å². The second kappa shape index (κ2) is 10.8. The third-order valence-electron chi connectivity index (χ3n) is 5.34. The van der Waals surface area contributed by atoms with Gasteiger partial charge in [-0.1, -0.05) is 42.0 Å². The molecule has 0 bridgehead atoms. The second-order valence-corrected chi connectivity index (χ2v) is 7.45. The van der Waals surface area contributed by atoms with Gasteiger partial charge < -0.3 is 24.4 Å². The SMILES string of the molecule is COc1cccc(/C=C/C(=O)N[C@H](C[NH+]2CCOCC2)c2ccc(C)cc2)c1OC. The van der Waals surface area contributed by atoms with Gasteiger partial charge >= 0.3 is 0 Å². The lowest BCUT2D eigenvalue weighted by molar-refractivity contribution is -0.909. The van der Waals surface area contributed by atoms with Crippen molar-refractivity contribution in [3.8, 4) is 11.5 Å². The summed E-state index contributed by atoms with van der Waals surface area (Å²) in [5, 5.41) is 3.18. The molecule has 0 spiro atoms. The number of quaternary nitrogens is 1. The first-order chi connectivity index (χ1) is 14.6. The van der Waals surface area contributed by atoms with Crippen LogP contribution in [0.5, 0.6) is 11.5 Å². The lowest BCUT2D eigenvalue weighted by atomic mass is 10.0. The molecule has 0 aromatic heterocycles. The van der Waals surface area contributed by atoms with Crippen molar-refractivity contribution in [3.05, 3.63) is 65.2 Å². The predicted octanol–water partition coefficient (Wildman–Crippen LogP) is 1.80. The number of ether oxygens (including phenoxy) is 3. The number of carbonyl (C=O) groups is 1. The molecule has 0 radical (unpaired) electrons. The Hall–Kier alpha value is -2.83. The van der Waals surface area contributed by atoms with E-state index in [1.807, 2.05) is 18.2 Å². The average molecular weight is 412 g/mol. The van der Waals surface area contributed by atoms with E-state index in [-0.39, 0.29) is 11.9 Å². The third-order valence-corrected chi connectivity index (χ3v) is 5.34. The van der Waals surface area contributed by atoms with Crippen LogP contribution in [0.2, 0.25) is 0 Å². The number of morpholine rings is 1. The standard InChI is InChI=1S/C24H30N2O4/c1-18-7-9-19(10-8-18)21(17-26-13-15-30-16-14-26)25-23(27)12-11-20-5-4-6-22(28-2)24(20)29-3/h4-12,21H,13-17H2,1-3H3,(H,25,27)/p+1/b12-11+/t21-/m1/s1. The number of aryl methyl sites for hydroxylation is 1. The molecule has 30 heavy (non-hydrogen) atoms. The van der Waals surface area contributed by atoms with Gasteiger partial charge in [0.25, 0.3) is 0 Å². The molecule has 2 aromatic rings. The van der Waals surface area contributed by atoms with E-state index >= 15 is 0 Å². The first-order valence-corrected chi connectivity index (χ1v) is 10.3. The van der Waals surface area contributed by atoms with E-state index in [4.69, 9.17) is 14.2 Å². The number of amides is 1. The Kier molecular flexibility index (Phi) is 7.88. The molecule has 1 fully saturated rings. The summed E-state index contributed by atoms with van der Waals surface area (Å²) in [5.74, 6) is 1.10. The van der Waals surface area contributed by atoms with Crippen LogP contribution >= 0.6 is 0 Å². The number of rotatable bonds is 8. The molecule has 1 heterocycles. The fourth-order valence-electron chi connectivity index (χ4n) is 3.63. The molecule has 0 unspecified atom stereocenters. The van der Waals surface area contributed by atoms with Crippen molar-refractivity contribution in [3.63, 3.8) is 0 Å². The molecule has 6 nitrogen and oxygen atoms in total. The molecule has 1 aliphatic heterocycles. The summed E-state index contributed by atoms with van der Waals surface area (Å²) in [4.78, 5) is 14.2. The minimum absolute atomic E-state index is 0.0666. The molecule has 2 N–H and O–H groups in total. The monoisotopic (exact) mass is 411 g/mol. The molecule has 1 saturated heterocycles. The zero-order valence-electron chi connectivity index (χ0n) is 17.9. The van der Waals surface area contributed by atoms with Gasteiger partial charge in [0.2, 0.25) is 5.91 Å². The van der Waals surface area contributed by atoms with Gasteiger partial charge in [0.05, 0.1) is 27.4 Å². The Balaban J connectivity index is 1.74. The average Bonchev–Trinajstić information content (AvgIpc) is 2.78. The smallest absolute Gasteiger partial charge is 0.244 e. The summed E-state index contributed by atoms with van der Waals surface area (Å²) in [5.41, 5.74) is 3.10. The van der Waals surface area contributed by atoms with Crippen LogP contribution in [0.25, 0.3) is 6.08 Å². The van der Waals surface area contributed by atoms with Gasteiger partial charge in [0, 0.05) is 11.6 Å². The van der Waals surface area contributed by atoms with Crippen molar-refractivity contribution < 1.29 is 23.9 Å². The van der Waals surface area contributed by atoms with E-state index < -0.39 is 0 Å². The summed E-state index contributed by atoms with van der Waals surface area (Å²) >= 11 is 0. The van der Waals surface area contributed by atoms with Gasteiger partial charge in [-0.25, -0.2) is 0 Å². The molecule has 1 aliphatic rings. The summed E-state index contributed by atoms with van der Waals surface area (Å²) < 4.78 is 16.2. The maximum absolute atomic E-state index is 12.8. The Morgan fingerprint density at radius 2 is 1.87 bits per heavy atom. The van der Waals surface area contributed by atoms with Crippen LogP contribution in [0.4, 0.5) is 0 Å². The molecule has 0 saturated carbocycles. The Morgan fingerprint density at radius 3 is 2.53 bits per heavy atom. The van der Waals surface area contributed by atoms with E-state index in [0.29, 0.717) is 11.5 Å². The van der Waals surface area contributed by atoms with Crippen LogP contribution in [-0.2, 0) is 9.53 Å². The topological polar surface area (TPSA) is 61.2 Å². The van der Waals surface area contributed by atoms with Crippen molar-refractivity contribution >= 4 is 12.0 Å². The van der Waals surface area contributed by atoms with Crippen LogP contribution in [0.3, 0.4) is 0 Å². The first kappa shape index (κ1) is 21.9. The van der Waals surface area contributed by atoms with E-state index in [1.165, 1.54) is 10.5 Å². The number of benzene rings is 2. The van der Waals surface area contributed by atoms with E-state index in [2.05, 4.69) is 36.5 Å². The van der Waals surface area contributed by atoms with Gasteiger partial charge in [0.15, 0.2) is 11.5 Å². The predicted molar refractivity (Wildman–Crippen MR) is 117 cm³/mol. The van der Waals surface area contributed by atoms with Crippen molar-refractivity contribution in [1.29, 1.82) is 0 Å². The number of para-hydroxylation sites is 1. The Bertz CT molecular complexity index is 858. The minimum Gasteiger partial charge on any atom is -0.493 e. The number of methoxy groups -OCH3 is 2. The molecule has 2 aromatic carbocycles. The van der Waals surface area contributed by atoms with Crippen molar-refractivity contribution in [2.75, 3.05) is 47.1 Å². The quantitative estimate of drug-likeness (QED) is 0.651. The molecular formula is C24H31N2O4+. The van der Waals surface area contributed by atoms with Gasteiger partial charge in [-0.2, -0.15) is 0 Å². The maximum Gasteiger partial charge on any atom is 0.244 e. The highest BCUT2D eigenvalue weighted by molar-refractivity contribution is 5.92. The Labute approximate surface area is 178 Å². The van der Waals surface area contributed by atoms with Gasteiger partial charge in [-0.3, -0.25) is 4.79 Å². The van der Waals surface area contributed by atoms with Gasteiger partial charge in [0.1, 0.15) is 25.7 Å². The third kappa shape index (κ3) is 5.84. The fraction of sp³-hybridized carbons (Fsp3) is 0.375. The summed E-state index contributed by atoms with van der Waals surface area (Å²) in [6, 6.07) is 13.9. The van der Waals surface area contributed by atoms with Gasteiger partial charge in [-0.15, -0.1) is 0 Å². The molecule has 160 valence electrons. The highest BCUT2D eigenvalue weighted by Gasteiger charge is 2.22. The molecule has 6 heteroatoms. The zero-order chi connectivity index (χ0) is 21.3. The van der Waals surface area contributed by atoms with Crippen molar-refractivity contribution in [2.45, 2.75) is 13.0 Å². The maximum atomic E-state index is 12.8. The van der Waals surface area contributed by atoms with E-state index in [0.717, 1.165) is 44.0 Å². The van der Waals surface area contributed by atoms with Gasteiger partial charge in [-0.05, 0) is 24.6 Å². The molecule has 3 rings (SSSR count). The number of hydrogen-bond donors (Lipinski definition) is 2. The van der Waals surface area contributed by atoms with Crippen molar-refractivity contribution in [2.24, 2.45) is 0 Å². The largest absolute Gasteiger partial charge is 0.493 e. The van der Waals surface area contributed by atoms with Crippen LogP contribution in [0.15, 0.2) is 48.5 Å². The van der Waals surface area contributed by atoms with Crippen LogP contribution in [0.1, 0.15) is 22.7 Å². The number of nitrogens with one attached hydrogen (secondary N) is 2. The normalized spacial score (nSPS) is 15.7. The molecular weight excluding hydrogens is 380 g/mol. The van der Waals surface area contributed by atoms with E-state index in [9.17, 15) is 4.79 Å². The number of carbonyl (C=O) groups excluding carboxylic acids is 1. The van der Waals surface area contributed by atoms with Crippen molar-refractivity contribution in [1.82, 2.24) is 5.32 Å². The summed E-state index contributed by atoms with van der Waals surface area (Å²) in [6.45, 7) is 6.33. The first-order valence-electron chi connectivity index (χ1n) is 10.3.